The summed E-state index contributed by atoms with van der Waals surface area (Å²) in [5, 5.41) is 22.9. The normalized spacial score (nSPS) is 32.6. The van der Waals surface area contributed by atoms with E-state index in [1.807, 2.05) is 44.2 Å². The van der Waals surface area contributed by atoms with Crippen molar-refractivity contribution in [1.29, 1.82) is 0 Å². The molecule has 0 saturated heterocycles. The Morgan fingerprint density at radius 1 is 0.929 bits per heavy atom. The molecule has 0 amide bonds. The van der Waals surface area contributed by atoms with Gasteiger partial charge in [-0.05, 0) is 66.5 Å². The van der Waals surface area contributed by atoms with E-state index in [2.05, 4.69) is 0 Å². The molecule has 1 aromatic carbocycles. The zero-order chi connectivity index (χ0) is 31.0. The molecule has 9 heteroatoms. The van der Waals surface area contributed by atoms with E-state index < -0.39 is 71.0 Å². The lowest BCUT2D eigenvalue weighted by atomic mass is 9.57. The summed E-state index contributed by atoms with van der Waals surface area (Å²) in [6.45, 7) is 9.59. The summed E-state index contributed by atoms with van der Waals surface area (Å²) in [4.78, 5) is 51.3. The van der Waals surface area contributed by atoms with E-state index in [-0.39, 0.29) is 19.3 Å². The van der Waals surface area contributed by atoms with Gasteiger partial charge in [-0.2, -0.15) is 0 Å². The summed E-state index contributed by atoms with van der Waals surface area (Å²) in [5.74, 6) is -2.80. The molecule has 1 aromatic rings. The van der Waals surface area contributed by atoms with E-state index in [1.54, 1.807) is 26.0 Å². The minimum Gasteiger partial charge on any atom is -0.458 e. The molecule has 1 fully saturated rings. The summed E-state index contributed by atoms with van der Waals surface area (Å²) in [6.07, 6.45) is -0.588. The smallest absolute Gasteiger partial charge is 0.331 e. The minimum absolute atomic E-state index is 0.0188. The maximum atomic E-state index is 14.0. The third kappa shape index (κ3) is 6.13. The summed E-state index contributed by atoms with van der Waals surface area (Å²) in [5.41, 5.74) is -0.0597. The van der Waals surface area contributed by atoms with Crippen LogP contribution in [-0.4, -0.2) is 64.4 Å². The molecule has 226 valence electrons. The summed E-state index contributed by atoms with van der Waals surface area (Å²) >= 11 is 0. The second-order valence-electron chi connectivity index (χ2n) is 12.4. The molecule has 9 nitrogen and oxygen atoms in total. The Hall–Kier alpha value is -3.56. The molecule has 4 bridgehead atoms. The number of ether oxygens (including phenoxy) is 3. The van der Waals surface area contributed by atoms with E-state index in [1.165, 1.54) is 19.9 Å². The van der Waals surface area contributed by atoms with Crippen LogP contribution in [0.2, 0.25) is 0 Å². The molecule has 4 rings (SSSR count). The molecule has 3 aliphatic carbocycles. The average Bonchev–Trinajstić information content (AvgIpc) is 2.90. The number of rotatable bonds is 5. The number of carbonyl (C=O) groups is 4. The highest BCUT2D eigenvalue weighted by molar-refractivity contribution is 5.93. The van der Waals surface area contributed by atoms with Crippen molar-refractivity contribution < 1.29 is 43.6 Å². The molecule has 2 N–H and O–H groups in total. The van der Waals surface area contributed by atoms with Crippen LogP contribution in [0.5, 0.6) is 0 Å². The van der Waals surface area contributed by atoms with E-state index in [9.17, 15) is 29.4 Å². The molecule has 0 heterocycles. The van der Waals surface area contributed by atoms with E-state index in [0.29, 0.717) is 16.7 Å². The van der Waals surface area contributed by atoms with Crippen LogP contribution < -0.4 is 0 Å². The Labute approximate surface area is 246 Å². The minimum atomic E-state index is -1.61. The Kier molecular flexibility index (Phi) is 8.94. The third-order valence-electron chi connectivity index (χ3n) is 9.09. The van der Waals surface area contributed by atoms with E-state index >= 15 is 0 Å². The van der Waals surface area contributed by atoms with Crippen molar-refractivity contribution >= 4 is 29.8 Å². The predicted octanol–water partition coefficient (Wildman–Crippen LogP) is 3.87. The lowest BCUT2D eigenvalue weighted by molar-refractivity contribution is -0.157. The fraction of sp³-hybridized carbons (Fsp3) is 0.515. The average molecular weight is 581 g/mol. The molecular formula is C33H40O9. The lowest BCUT2D eigenvalue weighted by Crippen LogP contribution is -2.56. The number of hydrogen-bond donors (Lipinski definition) is 2. The highest BCUT2D eigenvalue weighted by Gasteiger charge is 2.56. The maximum absolute atomic E-state index is 14.0. The van der Waals surface area contributed by atoms with Gasteiger partial charge in [0, 0.05) is 32.3 Å². The molecule has 0 aliphatic heterocycles. The van der Waals surface area contributed by atoms with Crippen molar-refractivity contribution in [3.63, 3.8) is 0 Å². The van der Waals surface area contributed by atoms with Crippen LogP contribution in [0.25, 0.3) is 6.08 Å². The Bertz CT molecular complexity index is 1340. The molecular weight excluding hydrogens is 540 g/mol. The first kappa shape index (κ1) is 31.4. The highest BCUT2D eigenvalue weighted by Crippen LogP contribution is 2.53. The van der Waals surface area contributed by atoms with Gasteiger partial charge in [0.15, 0.2) is 5.78 Å². The second kappa shape index (κ2) is 12.0. The van der Waals surface area contributed by atoms with Gasteiger partial charge in [-0.1, -0.05) is 44.2 Å². The molecule has 0 aromatic heterocycles. The summed E-state index contributed by atoms with van der Waals surface area (Å²) in [7, 11) is 0. The van der Waals surface area contributed by atoms with Crippen molar-refractivity contribution in [2.45, 2.75) is 91.3 Å². The molecule has 7 atom stereocenters. The van der Waals surface area contributed by atoms with Gasteiger partial charge in [0.05, 0.1) is 11.5 Å². The maximum Gasteiger partial charge on any atom is 0.331 e. The number of Topliss-reactive ketones (excluding diaryl/α,β-unsaturated/α-hetero) is 1. The fourth-order valence-corrected chi connectivity index (χ4v) is 6.83. The Morgan fingerprint density at radius 2 is 1.57 bits per heavy atom. The molecule has 1 saturated carbocycles. The van der Waals surface area contributed by atoms with E-state index in [4.69, 9.17) is 14.2 Å². The first-order valence-corrected chi connectivity index (χ1v) is 14.3. The fourth-order valence-electron chi connectivity index (χ4n) is 6.83. The second-order valence-corrected chi connectivity index (χ2v) is 12.4. The number of aliphatic hydroxyl groups excluding tert-OH is 2. The first-order valence-electron chi connectivity index (χ1n) is 14.3. The van der Waals surface area contributed by atoms with E-state index in [0.717, 1.165) is 5.56 Å². The Balaban J connectivity index is 1.82. The summed E-state index contributed by atoms with van der Waals surface area (Å²) < 4.78 is 17.2. The van der Waals surface area contributed by atoms with Crippen LogP contribution in [-0.2, 0) is 33.4 Å². The third-order valence-corrected chi connectivity index (χ3v) is 9.09. The van der Waals surface area contributed by atoms with Crippen LogP contribution in [0.3, 0.4) is 0 Å². The van der Waals surface area contributed by atoms with Gasteiger partial charge in [-0.15, -0.1) is 0 Å². The van der Waals surface area contributed by atoms with Crippen molar-refractivity contribution in [3.05, 3.63) is 64.8 Å². The number of fused-ring (bicyclic) bond motifs is 4. The van der Waals surface area contributed by atoms with Gasteiger partial charge >= 0.3 is 17.9 Å². The van der Waals surface area contributed by atoms with Gasteiger partial charge in [-0.25, -0.2) is 4.79 Å². The van der Waals surface area contributed by atoms with Crippen molar-refractivity contribution in [3.8, 4) is 0 Å². The van der Waals surface area contributed by atoms with Crippen LogP contribution in [0.1, 0.15) is 66.4 Å². The monoisotopic (exact) mass is 580 g/mol. The van der Waals surface area contributed by atoms with Gasteiger partial charge in [0.25, 0.3) is 0 Å². The molecule has 0 spiro atoms. The highest BCUT2D eigenvalue weighted by atomic mass is 16.6. The van der Waals surface area contributed by atoms with Crippen LogP contribution in [0, 0.1) is 16.7 Å². The quantitative estimate of drug-likeness (QED) is 0.230. The van der Waals surface area contributed by atoms with Crippen molar-refractivity contribution in [2.75, 3.05) is 0 Å². The van der Waals surface area contributed by atoms with Gasteiger partial charge < -0.3 is 24.4 Å². The summed E-state index contributed by atoms with van der Waals surface area (Å²) in [6, 6.07) is 9.22. The lowest BCUT2D eigenvalue weighted by Gasteiger charge is -2.50. The number of benzene rings is 1. The molecule has 0 radical (unpaired) electrons. The molecule has 42 heavy (non-hydrogen) atoms. The van der Waals surface area contributed by atoms with Gasteiger partial charge in [0.1, 0.15) is 24.4 Å². The number of carbonyl (C=O) groups excluding carboxylic acids is 4. The first-order chi connectivity index (χ1) is 19.6. The van der Waals surface area contributed by atoms with Gasteiger partial charge in [-0.3, -0.25) is 14.4 Å². The number of ketones is 1. The number of hydrogen-bond acceptors (Lipinski definition) is 9. The molecule has 7 unspecified atom stereocenters. The van der Waals surface area contributed by atoms with Crippen LogP contribution >= 0.6 is 0 Å². The SMILES string of the molecule is CC(=O)OC1CC2C(OC(C)=O)C=C3CC(C)(C(=O)C(O)C(=C1C)C2(C)C)C(O)CC3OC(=O)C=Cc1ccccc1. The zero-order valence-electron chi connectivity index (χ0n) is 25.0. The van der Waals surface area contributed by atoms with Crippen molar-refractivity contribution in [1.82, 2.24) is 0 Å². The van der Waals surface area contributed by atoms with Crippen molar-refractivity contribution in [2.24, 2.45) is 16.7 Å². The Morgan fingerprint density at radius 3 is 2.19 bits per heavy atom. The molecule has 3 aliphatic rings. The van der Waals surface area contributed by atoms with Gasteiger partial charge in [0.2, 0.25) is 0 Å². The standard InChI is InChI=1S/C33H40O9/c1-18-24(40-19(2)34)15-23-26(41-20(3)35)14-22-17-33(6,31(39)30(38)29(18)32(23,4)5)27(36)16-25(22)42-28(37)13-12-21-10-8-7-9-11-21/h7-14,23-27,30,36,38H,15-17H2,1-6H3. The topological polar surface area (TPSA) is 136 Å². The number of esters is 3. The van der Waals surface area contributed by atoms with Crippen LogP contribution in [0.4, 0.5) is 0 Å². The number of aliphatic hydroxyl groups is 2. The zero-order valence-corrected chi connectivity index (χ0v) is 25.0. The predicted molar refractivity (Wildman–Crippen MR) is 153 cm³/mol. The van der Waals surface area contributed by atoms with Crippen LogP contribution in [0.15, 0.2) is 59.2 Å². The largest absolute Gasteiger partial charge is 0.458 e.